The van der Waals surface area contributed by atoms with Gasteiger partial charge in [0.2, 0.25) is 0 Å². The number of ether oxygens (including phenoxy) is 2. The van der Waals surface area contributed by atoms with Gasteiger partial charge >= 0.3 is 6.09 Å². The lowest BCUT2D eigenvalue weighted by Crippen LogP contribution is -2.20. The van der Waals surface area contributed by atoms with Gasteiger partial charge in [-0.15, -0.1) is 0 Å². The van der Waals surface area contributed by atoms with Crippen LogP contribution in [0.15, 0.2) is 23.3 Å². The zero-order chi connectivity index (χ0) is 13.5. The molecule has 0 aliphatic heterocycles. The van der Waals surface area contributed by atoms with E-state index in [1.54, 1.807) is 21.0 Å². The Bertz CT molecular complexity index is 456. The molecule has 1 aromatic rings. The number of methoxy groups -OCH3 is 1. The van der Waals surface area contributed by atoms with E-state index >= 15 is 0 Å². The fraction of sp³-hybridized carbons (Fsp3) is 0.385. The molecule has 0 aromatic heterocycles. The summed E-state index contributed by atoms with van der Waals surface area (Å²) >= 11 is 0. The van der Waals surface area contributed by atoms with Crippen molar-refractivity contribution >= 4 is 11.8 Å². The number of hydrazone groups is 1. The van der Waals surface area contributed by atoms with Crippen molar-refractivity contribution in [1.29, 1.82) is 0 Å². The Hall–Kier alpha value is -2.04. The van der Waals surface area contributed by atoms with E-state index in [1.807, 2.05) is 25.1 Å². The summed E-state index contributed by atoms with van der Waals surface area (Å²) in [4.78, 5) is 11.1. The summed E-state index contributed by atoms with van der Waals surface area (Å²) in [5.41, 5.74) is 4.92. The van der Waals surface area contributed by atoms with Crippen molar-refractivity contribution in [2.45, 2.75) is 20.8 Å². The summed E-state index contributed by atoms with van der Waals surface area (Å²) in [6.45, 7) is 5.83. The highest BCUT2D eigenvalue weighted by Gasteiger charge is 2.07. The van der Waals surface area contributed by atoms with Gasteiger partial charge in [-0.1, -0.05) is 11.6 Å². The van der Waals surface area contributed by atoms with E-state index < -0.39 is 6.09 Å². The topological polar surface area (TPSA) is 59.9 Å². The molecule has 0 heterocycles. The third kappa shape index (κ3) is 3.76. The van der Waals surface area contributed by atoms with Crippen molar-refractivity contribution in [2.24, 2.45) is 5.10 Å². The number of carbonyl (C=O) groups excluding carboxylic acids is 1. The monoisotopic (exact) mass is 250 g/mol. The molecular weight excluding hydrogens is 232 g/mol. The lowest BCUT2D eigenvalue weighted by atomic mass is 10.1. The molecule has 1 N–H and O–H groups in total. The van der Waals surface area contributed by atoms with E-state index in [4.69, 9.17) is 9.47 Å². The second kappa shape index (κ2) is 6.64. The van der Waals surface area contributed by atoms with Crippen molar-refractivity contribution in [3.63, 3.8) is 0 Å². The van der Waals surface area contributed by atoms with E-state index in [1.165, 1.54) is 0 Å². The Morgan fingerprint density at radius 2 is 2.17 bits per heavy atom. The third-order valence-corrected chi connectivity index (χ3v) is 2.34. The number of benzene rings is 1. The van der Waals surface area contributed by atoms with Crippen LogP contribution in [0.1, 0.15) is 25.0 Å². The SMILES string of the molecule is CCOC(=O)N/N=C(/C)c1cc(C)ccc1OC. The summed E-state index contributed by atoms with van der Waals surface area (Å²) in [5.74, 6) is 0.715. The molecule has 18 heavy (non-hydrogen) atoms. The van der Waals surface area contributed by atoms with Gasteiger partial charge in [-0.25, -0.2) is 10.2 Å². The van der Waals surface area contributed by atoms with E-state index in [0.717, 1.165) is 11.1 Å². The molecule has 0 atom stereocenters. The maximum absolute atomic E-state index is 11.1. The van der Waals surface area contributed by atoms with Crippen molar-refractivity contribution in [3.8, 4) is 5.75 Å². The minimum absolute atomic E-state index is 0.314. The number of aryl methyl sites for hydroxylation is 1. The fourth-order valence-electron chi connectivity index (χ4n) is 1.46. The Labute approximate surface area is 107 Å². The summed E-state index contributed by atoms with van der Waals surface area (Å²) in [7, 11) is 1.60. The van der Waals surface area contributed by atoms with Crippen molar-refractivity contribution in [1.82, 2.24) is 5.43 Å². The van der Waals surface area contributed by atoms with Gasteiger partial charge in [0.25, 0.3) is 0 Å². The molecule has 1 amide bonds. The van der Waals surface area contributed by atoms with Gasteiger partial charge in [-0.2, -0.15) is 5.10 Å². The Morgan fingerprint density at radius 1 is 1.44 bits per heavy atom. The minimum Gasteiger partial charge on any atom is -0.496 e. The van der Waals surface area contributed by atoms with Crippen LogP contribution in [-0.4, -0.2) is 25.5 Å². The lowest BCUT2D eigenvalue weighted by molar-refractivity contribution is 0.152. The number of nitrogens with one attached hydrogen (secondary N) is 1. The van der Waals surface area contributed by atoms with Crippen molar-refractivity contribution < 1.29 is 14.3 Å². The standard InChI is InChI=1S/C13H18N2O3/c1-5-18-13(16)15-14-10(3)11-8-9(2)6-7-12(11)17-4/h6-8H,5H2,1-4H3,(H,15,16)/b14-10-. The molecule has 0 unspecified atom stereocenters. The fourth-order valence-corrected chi connectivity index (χ4v) is 1.46. The van der Waals surface area contributed by atoms with Crippen LogP contribution >= 0.6 is 0 Å². The molecule has 0 saturated carbocycles. The summed E-state index contributed by atoms with van der Waals surface area (Å²) in [5, 5.41) is 3.97. The summed E-state index contributed by atoms with van der Waals surface area (Å²) < 4.78 is 9.97. The van der Waals surface area contributed by atoms with Crippen LogP contribution in [0, 0.1) is 6.92 Å². The van der Waals surface area contributed by atoms with Crippen molar-refractivity contribution in [3.05, 3.63) is 29.3 Å². The molecule has 0 aliphatic rings. The van der Waals surface area contributed by atoms with Gasteiger partial charge in [-0.05, 0) is 32.9 Å². The number of amides is 1. The highest BCUT2D eigenvalue weighted by Crippen LogP contribution is 2.20. The zero-order valence-electron chi connectivity index (χ0n) is 11.1. The number of hydrogen-bond donors (Lipinski definition) is 1. The van der Waals surface area contributed by atoms with Gasteiger partial charge in [0.15, 0.2) is 0 Å². The molecule has 98 valence electrons. The van der Waals surface area contributed by atoms with Gasteiger partial charge in [0.05, 0.1) is 19.4 Å². The number of nitrogens with zero attached hydrogens (tertiary/aromatic N) is 1. The minimum atomic E-state index is -0.566. The molecule has 1 rings (SSSR count). The largest absolute Gasteiger partial charge is 0.496 e. The molecule has 0 fully saturated rings. The Kier molecular flexibility index (Phi) is 5.17. The number of rotatable bonds is 4. The lowest BCUT2D eigenvalue weighted by Gasteiger charge is -2.09. The predicted molar refractivity (Wildman–Crippen MR) is 70.1 cm³/mol. The zero-order valence-corrected chi connectivity index (χ0v) is 11.1. The van der Waals surface area contributed by atoms with E-state index in [9.17, 15) is 4.79 Å². The van der Waals surface area contributed by atoms with Gasteiger partial charge in [0, 0.05) is 5.56 Å². The maximum atomic E-state index is 11.1. The highest BCUT2D eigenvalue weighted by molar-refractivity contribution is 6.01. The average molecular weight is 250 g/mol. The van der Waals surface area contributed by atoms with Gasteiger partial charge < -0.3 is 9.47 Å². The van der Waals surface area contributed by atoms with Crippen LogP contribution in [0.25, 0.3) is 0 Å². The van der Waals surface area contributed by atoms with Crippen molar-refractivity contribution in [2.75, 3.05) is 13.7 Å². The smallest absolute Gasteiger partial charge is 0.427 e. The van der Waals surface area contributed by atoms with Gasteiger partial charge in [0.1, 0.15) is 5.75 Å². The second-order valence-corrected chi connectivity index (χ2v) is 3.73. The molecule has 0 radical (unpaired) electrons. The molecule has 0 bridgehead atoms. The van der Waals surface area contributed by atoms with Crippen LogP contribution in [0.4, 0.5) is 4.79 Å². The first kappa shape index (κ1) is 14.0. The van der Waals surface area contributed by atoms with E-state index in [0.29, 0.717) is 18.1 Å². The van der Waals surface area contributed by atoms with Crippen LogP contribution in [-0.2, 0) is 4.74 Å². The molecule has 0 aliphatic carbocycles. The Balaban J connectivity index is 2.88. The highest BCUT2D eigenvalue weighted by atomic mass is 16.5. The predicted octanol–water partition coefficient (Wildman–Crippen LogP) is 2.47. The second-order valence-electron chi connectivity index (χ2n) is 3.73. The van der Waals surface area contributed by atoms with Crippen LogP contribution in [0.5, 0.6) is 5.75 Å². The normalized spacial score (nSPS) is 11.0. The first-order valence-electron chi connectivity index (χ1n) is 5.70. The molecule has 0 saturated heterocycles. The number of carbonyl (C=O) groups is 1. The molecule has 1 aromatic carbocycles. The third-order valence-electron chi connectivity index (χ3n) is 2.34. The average Bonchev–Trinajstić information content (AvgIpc) is 2.36. The number of hydrogen-bond acceptors (Lipinski definition) is 4. The first-order chi connectivity index (χ1) is 8.58. The maximum Gasteiger partial charge on any atom is 0.427 e. The first-order valence-corrected chi connectivity index (χ1v) is 5.70. The molecular formula is C13H18N2O3. The molecule has 5 nitrogen and oxygen atoms in total. The molecule has 5 heteroatoms. The van der Waals surface area contributed by atoms with Crippen LogP contribution in [0.3, 0.4) is 0 Å². The summed E-state index contributed by atoms with van der Waals surface area (Å²) in [6, 6.07) is 5.77. The Morgan fingerprint density at radius 3 is 2.78 bits per heavy atom. The van der Waals surface area contributed by atoms with E-state index in [-0.39, 0.29) is 0 Å². The molecule has 0 spiro atoms. The van der Waals surface area contributed by atoms with Gasteiger partial charge in [-0.3, -0.25) is 0 Å². The van der Waals surface area contributed by atoms with E-state index in [2.05, 4.69) is 10.5 Å². The quantitative estimate of drug-likeness (QED) is 0.659. The van der Waals surface area contributed by atoms with Crippen LogP contribution in [0.2, 0.25) is 0 Å². The van der Waals surface area contributed by atoms with Crippen LogP contribution < -0.4 is 10.2 Å². The summed E-state index contributed by atoms with van der Waals surface area (Å²) in [6.07, 6.45) is -0.566.